The molecule has 1 amide bonds. The van der Waals surface area contributed by atoms with Crippen molar-refractivity contribution in [2.24, 2.45) is 5.10 Å². The number of thiophene rings is 1. The number of nitrogens with one attached hydrogen (secondary N) is 1. The van der Waals surface area contributed by atoms with Gasteiger partial charge in [-0.05, 0) is 17.0 Å². The highest BCUT2D eigenvalue weighted by Gasteiger charge is 2.03. The van der Waals surface area contributed by atoms with Gasteiger partial charge in [-0.25, -0.2) is 5.43 Å². The largest absolute Gasteiger partial charge is 0.281 e. The van der Waals surface area contributed by atoms with Gasteiger partial charge in [-0.3, -0.25) is 4.79 Å². The van der Waals surface area contributed by atoms with Crippen LogP contribution in [0, 0.1) is 0 Å². The Kier molecular flexibility index (Phi) is 3.46. The summed E-state index contributed by atoms with van der Waals surface area (Å²) in [4.78, 5) is 12.1. The first-order valence-electron chi connectivity index (χ1n) is 4.78. The fourth-order valence-corrected chi connectivity index (χ4v) is 1.78. The molecule has 0 unspecified atom stereocenters. The third-order valence-electron chi connectivity index (χ3n) is 1.92. The van der Waals surface area contributed by atoms with Crippen molar-refractivity contribution in [2.75, 3.05) is 0 Å². The predicted molar refractivity (Wildman–Crippen MR) is 65.8 cm³/mol. The molecule has 1 aromatic heterocycles. The standard InChI is InChI=1S/C12H10N2OS/c15-12(11-7-4-8-16-11)14-13-9-10-5-2-1-3-6-10/h1-9H,(H,14,15)/b13-9+. The number of amides is 1. The van der Waals surface area contributed by atoms with Crippen LogP contribution in [0.4, 0.5) is 0 Å². The second-order valence-corrected chi connectivity index (χ2v) is 4.03. The summed E-state index contributed by atoms with van der Waals surface area (Å²) in [6, 6.07) is 13.2. The Balaban J connectivity index is 1.93. The summed E-state index contributed by atoms with van der Waals surface area (Å²) in [6.07, 6.45) is 1.62. The number of nitrogens with zero attached hydrogens (tertiary/aromatic N) is 1. The third-order valence-corrected chi connectivity index (χ3v) is 2.79. The smallest absolute Gasteiger partial charge is 0.266 e. The lowest BCUT2D eigenvalue weighted by Crippen LogP contribution is -2.15. The molecule has 0 fully saturated rings. The van der Waals surface area contributed by atoms with Gasteiger partial charge in [-0.1, -0.05) is 36.4 Å². The van der Waals surface area contributed by atoms with Gasteiger partial charge in [0.15, 0.2) is 0 Å². The molecule has 0 saturated carbocycles. The minimum absolute atomic E-state index is 0.179. The number of benzene rings is 1. The van der Waals surface area contributed by atoms with Gasteiger partial charge in [0, 0.05) is 0 Å². The molecule has 0 radical (unpaired) electrons. The first-order valence-corrected chi connectivity index (χ1v) is 5.66. The van der Waals surface area contributed by atoms with Crippen LogP contribution in [0.25, 0.3) is 0 Å². The van der Waals surface area contributed by atoms with Gasteiger partial charge in [0.05, 0.1) is 11.1 Å². The number of hydrogen-bond donors (Lipinski definition) is 1. The van der Waals surface area contributed by atoms with Crippen LogP contribution in [-0.2, 0) is 0 Å². The summed E-state index contributed by atoms with van der Waals surface area (Å²) in [5, 5.41) is 5.74. The molecule has 16 heavy (non-hydrogen) atoms. The van der Waals surface area contributed by atoms with Crippen molar-refractivity contribution in [2.45, 2.75) is 0 Å². The maximum Gasteiger partial charge on any atom is 0.281 e. The molecule has 1 heterocycles. The van der Waals surface area contributed by atoms with Crippen molar-refractivity contribution < 1.29 is 4.79 Å². The molecule has 2 rings (SSSR count). The van der Waals surface area contributed by atoms with E-state index in [9.17, 15) is 4.79 Å². The fourth-order valence-electron chi connectivity index (χ4n) is 1.17. The number of rotatable bonds is 3. The van der Waals surface area contributed by atoms with Crippen LogP contribution < -0.4 is 5.43 Å². The molecular formula is C12H10N2OS. The predicted octanol–water partition coefficient (Wildman–Crippen LogP) is 2.51. The summed E-state index contributed by atoms with van der Waals surface area (Å²) in [6.45, 7) is 0. The lowest BCUT2D eigenvalue weighted by atomic mass is 10.2. The fraction of sp³-hybridized carbons (Fsp3) is 0. The lowest BCUT2D eigenvalue weighted by molar-refractivity contribution is 0.0959. The normalized spacial score (nSPS) is 10.5. The summed E-state index contributed by atoms with van der Waals surface area (Å²) < 4.78 is 0. The number of carbonyl (C=O) groups is 1. The number of hydrazone groups is 1. The highest BCUT2D eigenvalue weighted by Crippen LogP contribution is 2.07. The molecule has 3 nitrogen and oxygen atoms in total. The number of carbonyl (C=O) groups excluding carboxylic acids is 1. The van der Waals surface area contributed by atoms with Crippen molar-refractivity contribution >= 4 is 23.5 Å². The van der Waals surface area contributed by atoms with E-state index in [1.807, 2.05) is 41.8 Å². The van der Waals surface area contributed by atoms with Crippen molar-refractivity contribution in [3.05, 3.63) is 58.3 Å². The van der Waals surface area contributed by atoms with E-state index in [2.05, 4.69) is 10.5 Å². The molecule has 0 spiro atoms. The Hall–Kier alpha value is -1.94. The zero-order chi connectivity index (χ0) is 11.2. The van der Waals surface area contributed by atoms with Gasteiger partial charge in [-0.2, -0.15) is 5.10 Å². The molecule has 1 aromatic carbocycles. The van der Waals surface area contributed by atoms with Crippen LogP contribution in [0.2, 0.25) is 0 Å². The first-order chi connectivity index (χ1) is 7.86. The maximum atomic E-state index is 11.5. The second-order valence-electron chi connectivity index (χ2n) is 3.09. The van der Waals surface area contributed by atoms with Crippen molar-refractivity contribution in [1.82, 2.24) is 5.43 Å². The summed E-state index contributed by atoms with van der Waals surface area (Å²) >= 11 is 1.39. The van der Waals surface area contributed by atoms with E-state index in [-0.39, 0.29) is 5.91 Å². The van der Waals surface area contributed by atoms with E-state index in [0.717, 1.165) is 5.56 Å². The SMILES string of the molecule is O=C(N/N=C/c1ccccc1)c1cccs1. The minimum Gasteiger partial charge on any atom is -0.266 e. The second kappa shape index (κ2) is 5.23. The average Bonchev–Trinajstić information content (AvgIpc) is 2.84. The van der Waals surface area contributed by atoms with Crippen LogP contribution in [0.1, 0.15) is 15.2 Å². The molecule has 0 aliphatic carbocycles. The monoisotopic (exact) mass is 230 g/mol. The Morgan fingerprint density at radius 1 is 1.19 bits per heavy atom. The summed E-state index contributed by atoms with van der Waals surface area (Å²) in [5.41, 5.74) is 3.43. The Morgan fingerprint density at radius 2 is 2.00 bits per heavy atom. The molecule has 2 aromatic rings. The summed E-state index contributed by atoms with van der Waals surface area (Å²) in [5.74, 6) is -0.179. The Labute approximate surface area is 97.4 Å². The zero-order valence-corrected chi connectivity index (χ0v) is 9.28. The van der Waals surface area contributed by atoms with E-state index in [1.54, 1.807) is 12.3 Å². The van der Waals surface area contributed by atoms with E-state index >= 15 is 0 Å². The molecule has 0 aliphatic rings. The van der Waals surface area contributed by atoms with Crippen LogP contribution in [0.5, 0.6) is 0 Å². The molecule has 0 aliphatic heterocycles. The molecule has 0 saturated heterocycles. The van der Waals surface area contributed by atoms with Gasteiger partial charge in [0.2, 0.25) is 0 Å². The molecular weight excluding hydrogens is 220 g/mol. The van der Waals surface area contributed by atoms with Crippen molar-refractivity contribution in [1.29, 1.82) is 0 Å². The lowest BCUT2D eigenvalue weighted by Gasteiger charge is -1.95. The van der Waals surface area contributed by atoms with E-state index in [1.165, 1.54) is 11.3 Å². The van der Waals surface area contributed by atoms with Gasteiger partial charge in [0.25, 0.3) is 5.91 Å². The third kappa shape index (κ3) is 2.77. The highest BCUT2D eigenvalue weighted by atomic mass is 32.1. The van der Waals surface area contributed by atoms with Crippen molar-refractivity contribution in [3.8, 4) is 0 Å². The molecule has 0 atom stereocenters. The van der Waals surface area contributed by atoms with Crippen LogP contribution in [0.3, 0.4) is 0 Å². The van der Waals surface area contributed by atoms with Crippen LogP contribution in [-0.4, -0.2) is 12.1 Å². The van der Waals surface area contributed by atoms with Crippen LogP contribution in [0.15, 0.2) is 52.9 Å². The quantitative estimate of drug-likeness (QED) is 0.639. The first kappa shape index (κ1) is 10.6. The zero-order valence-electron chi connectivity index (χ0n) is 8.46. The number of hydrogen-bond acceptors (Lipinski definition) is 3. The molecule has 80 valence electrons. The topological polar surface area (TPSA) is 41.5 Å². The van der Waals surface area contributed by atoms with Gasteiger partial charge >= 0.3 is 0 Å². The van der Waals surface area contributed by atoms with Crippen molar-refractivity contribution in [3.63, 3.8) is 0 Å². The summed E-state index contributed by atoms with van der Waals surface area (Å²) in [7, 11) is 0. The van der Waals surface area contributed by atoms with Crippen LogP contribution >= 0.6 is 11.3 Å². The Morgan fingerprint density at radius 3 is 2.69 bits per heavy atom. The molecule has 1 N–H and O–H groups in total. The van der Waals surface area contributed by atoms with E-state index in [0.29, 0.717) is 4.88 Å². The molecule has 0 bridgehead atoms. The van der Waals surface area contributed by atoms with E-state index in [4.69, 9.17) is 0 Å². The van der Waals surface area contributed by atoms with E-state index < -0.39 is 0 Å². The Bertz CT molecular complexity index is 477. The molecule has 4 heteroatoms. The van der Waals surface area contributed by atoms with Gasteiger partial charge in [0.1, 0.15) is 0 Å². The van der Waals surface area contributed by atoms with Gasteiger partial charge in [-0.15, -0.1) is 11.3 Å². The minimum atomic E-state index is -0.179. The van der Waals surface area contributed by atoms with Gasteiger partial charge < -0.3 is 0 Å². The highest BCUT2D eigenvalue weighted by molar-refractivity contribution is 7.12. The average molecular weight is 230 g/mol. The maximum absolute atomic E-state index is 11.5.